The maximum Gasteiger partial charge on any atom is 0.300 e. The van der Waals surface area contributed by atoms with Gasteiger partial charge in [0.2, 0.25) is 5.65 Å². The first-order valence-electron chi connectivity index (χ1n) is 8.60. The van der Waals surface area contributed by atoms with Gasteiger partial charge in [-0.3, -0.25) is 18.6 Å². The van der Waals surface area contributed by atoms with Crippen LogP contribution in [-0.2, 0) is 0 Å². The zero-order valence-electron chi connectivity index (χ0n) is 15.2. The minimum absolute atomic E-state index is 0.125. The predicted octanol–water partition coefficient (Wildman–Crippen LogP) is 4.47. The van der Waals surface area contributed by atoms with E-state index in [1.54, 1.807) is 53.2 Å². The summed E-state index contributed by atoms with van der Waals surface area (Å²) in [7, 11) is 0. The first kappa shape index (κ1) is 19.7. The van der Waals surface area contributed by atoms with Gasteiger partial charge in [-0.1, -0.05) is 53.2 Å². The molecule has 0 aliphatic rings. The van der Waals surface area contributed by atoms with Crippen LogP contribution in [0.3, 0.4) is 0 Å². The van der Waals surface area contributed by atoms with Crippen LogP contribution in [0.25, 0.3) is 11.3 Å². The molecule has 2 aromatic carbocycles. The van der Waals surface area contributed by atoms with Crippen molar-refractivity contribution in [2.75, 3.05) is 5.75 Å². The summed E-state index contributed by atoms with van der Waals surface area (Å²) < 4.78 is 3.05. The molecule has 2 aromatic heterocycles. The van der Waals surface area contributed by atoms with E-state index in [1.807, 2.05) is 13.0 Å². The van der Waals surface area contributed by atoms with Crippen LogP contribution in [0.15, 0.2) is 64.8 Å². The van der Waals surface area contributed by atoms with E-state index in [4.69, 9.17) is 23.2 Å². The van der Waals surface area contributed by atoms with Gasteiger partial charge >= 0.3 is 5.56 Å². The van der Waals surface area contributed by atoms with E-state index in [2.05, 4.69) is 10.2 Å². The Kier molecular flexibility index (Phi) is 5.45. The van der Waals surface area contributed by atoms with Gasteiger partial charge in [-0.2, -0.15) is 0 Å². The molecule has 0 bridgehead atoms. The molecule has 146 valence electrons. The highest BCUT2D eigenvalue weighted by atomic mass is 35.5. The topological polar surface area (TPSA) is 69.3 Å². The third-order valence-corrected chi connectivity index (χ3v) is 6.13. The fourth-order valence-electron chi connectivity index (χ4n) is 2.91. The van der Waals surface area contributed by atoms with E-state index in [9.17, 15) is 9.59 Å². The average molecular weight is 445 g/mol. The summed E-state index contributed by atoms with van der Waals surface area (Å²) in [6.07, 6.45) is 3.33. The molecule has 2 heterocycles. The van der Waals surface area contributed by atoms with Crippen molar-refractivity contribution in [2.45, 2.75) is 12.1 Å². The number of rotatable bonds is 5. The Balaban J connectivity index is 1.64. The molecule has 29 heavy (non-hydrogen) atoms. The van der Waals surface area contributed by atoms with Crippen molar-refractivity contribution in [1.82, 2.24) is 19.2 Å². The third kappa shape index (κ3) is 3.69. The molecule has 0 radical (unpaired) electrons. The number of fused-ring (bicyclic) bond motifs is 1. The van der Waals surface area contributed by atoms with Gasteiger partial charge in [0.05, 0.1) is 16.5 Å². The van der Waals surface area contributed by atoms with Crippen molar-refractivity contribution >= 4 is 46.4 Å². The van der Waals surface area contributed by atoms with Crippen LogP contribution >= 0.6 is 35.0 Å². The highest BCUT2D eigenvalue weighted by Gasteiger charge is 2.16. The zero-order valence-corrected chi connectivity index (χ0v) is 17.5. The van der Waals surface area contributed by atoms with Gasteiger partial charge in [0.25, 0.3) is 0 Å². The minimum Gasteiger partial charge on any atom is -0.293 e. The van der Waals surface area contributed by atoms with Gasteiger partial charge in [-0.15, -0.1) is 10.2 Å². The normalized spacial score (nSPS) is 11.1. The van der Waals surface area contributed by atoms with Crippen molar-refractivity contribution in [1.29, 1.82) is 0 Å². The smallest absolute Gasteiger partial charge is 0.293 e. The molecule has 0 saturated heterocycles. The molecule has 0 saturated carbocycles. The third-order valence-electron chi connectivity index (χ3n) is 4.44. The first-order chi connectivity index (χ1) is 14.0. The molecule has 0 N–H and O–H groups in total. The predicted molar refractivity (Wildman–Crippen MR) is 115 cm³/mol. The highest BCUT2D eigenvalue weighted by Crippen LogP contribution is 2.23. The van der Waals surface area contributed by atoms with E-state index >= 15 is 0 Å². The number of ketones is 1. The number of aromatic nitrogens is 4. The van der Waals surface area contributed by atoms with Gasteiger partial charge in [0.1, 0.15) is 0 Å². The Bertz CT molecular complexity index is 1300. The fourth-order valence-corrected chi connectivity index (χ4v) is 4.12. The standard InChI is InChI=1S/C20H14Cl2N4O2S/c1-12-14(21)7-4-8-16(12)25-9-10-26-18(19(25)28)23-24-20(26)29-11-17(27)13-5-2-3-6-15(13)22/h2-10H,11H2,1H3. The Morgan fingerprint density at radius 3 is 2.59 bits per heavy atom. The van der Waals surface area contributed by atoms with Crippen molar-refractivity contribution in [3.63, 3.8) is 0 Å². The molecule has 9 heteroatoms. The number of thioether (sulfide) groups is 1. The molecule has 0 aliphatic heterocycles. The summed E-state index contributed by atoms with van der Waals surface area (Å²) in [6.45, 7) is 1.85. The van der Waals surface area contributed by atoms with Crippen molar-refractivity contribution < 1.29 is 4.79 Å². The van der Waals surface area contributed by atoms with E-state index < -0.39 is 0 Å². The molecule has 6 nitrogen and oxygen atoms in total. The van der Waals surface area contributed by atoms with Crippen LogP contribution in [0.1, 0.15) is 15.9 Å². The van der Waals surface area contributed by atoms with Gasteiger partial charge in [-0.05, 0) is 36.8 Å². The van der Waals surface area contributed by atoms with Crippen LogP contribution in [0, 0.1) is 6.92 Å². The van der Waals surface area contributed by atoms with E-state index in [0.717, 1.165) is 5.56 Å². The Morgan fingerprint density at radius 2 is 1.79 bits per heavy atom. The summed E-state index contributed by atoms with van der Waals surface area (Å²) in [6, 6.07) is 12.2. The highest BCUT2D eigenvalue weighted by molar-refractivity contribution is 7.99. The van der Waals surface area contributed by atoms with E-state index in [1.165, 1.54) is 16.3 Å². The molecular formula is C20H14Cl2N4O2S. The number of hydrogen-bond acceptors (Lipinski definition) is 5. The molecule has 4 rings (SSSR count). The van der Waals surface area contributed by atoms with Crippen LogP contribution < -0.4 is 5.56 Å². The van der Waals surface area contributed by atoms with Crippen molar-refractivity contribution in [3.05, 3.63) is 86.4 Å². The minimum atomic E-state index is -0.324. The molecule has 0 atom stereocenters. The number of Topliss-reactive ketones (excluding diaryl/α,β-unsaturated/α-hetero) is 1. The van der Waals surface area contributed by atoms with Crippen molar-refractivity contribution in [3.8, 4) is 5.69 Å². The first-order valence-corrected chi connectivity index (χ1v) is 10.3. The molecular weight excluding hydrogens is 431 g/mol. The summed E-state index contributed by atoms with van der Waals surface area (Å²) >= 11 is 13.5. The fraction of sp³-hybridized carbons (Fsp3) is 0.100. The summed E-state index contributed by atoms with van der Waals surface area (Å²) in [5.74, 6) is 0.00123. The second-order valence-electron chi connectivity index (χ2n) is 6.23. The SMILES string of the molecule is Cc1c(Cl)cccc1-n1ccn2c(SCC(=O)c3ccccc3Cl)nnc2c1=O. The molecule has 0 unspecified atom stereocenters. The molecule has 0 amide bonds. The average Bonchev–Trinajstić information content (AvgIpc) is 3.13. The van der Waals surface area contributed by atoms with E-state index in [0.29, 0.717) is 26.5 Å². The zero-order chi connectivity index (χ0) is 20.5. The molecule has 4 aromatic rings. The number of nitrogens with zero attached hydrogens (tertiary/aromatic N) is 4. The van der Waals surface area contributed by atoms with Crippen LogP contribution in [0.5, 0.6) is 0 Å². The van der Waals surface area contributed by atoms with Gasteiger partial charge < -0.3 is 0 Å². The summed E-state index contributed by atoms with van der Waals surface area (Å²) in [5.41, 5.74) is 1.76. The molecule has 0 aliphatic carbocycles. The maximum atomic E-state index is 12.9. The molecule has 0 fully saturated rings. The lowest BCUT2D eigenvalue weighted by Gasteiger charge is -2.10. The lowest BCUT2D eigenvalue weighted by atomic mass is 10.1. The van der Waals surface area contributed by atoms with Crippen LogP contribution in [-0.4, -0.2) is 30.7 Å². The van der Waals surface area contributed by atoms with Crippen LogP contribution in [0.2, 0.25) is 10.0 Å². The summed E-state index contributed by atoms with van der Waals surface area (Å²) in [4.78, 5) is 25.3. The van der Waals surface area contributed by atoms with Gasteiger partial charge in [-0.25, -0.2) is 0 Å². The number of carbonyl (C=O) groups is 1. The Labute approximate surface area is 180 Å². The number of hydrogen-bond donors (Lipinski definition) is 0. The largest absolute Gasteiger partial charge is 0.300 e. The second kappa shape index (κ2) is 8.02. The lowest BCUT2D eigenvalue weighted by Crippen LogP contribution is -2.21. The monoisotopic (exact) mass is 444 g/mol. The van der Waals surface area contributed by atoms with Gasteiger partial charge in [0.15, 0.2) is 10.9 Å². The van der Waals surface area contributed by atoms with E-state index in [-0.39, 0.29) is 22.7 Å². The maximum absolute atomic E-state index is 12.9. The van der Waals surface area contributed by atoms with Crippen molar-refractivity contribution in [2.24, 2.45) is 0 Å². The Hall–Kier alpha value is -2.61. The summed E-state index contributed by atoms with van der Waals surface area (Å²) in [5, 5.41) is 9.52. The lowest BCUT2D eigenvalue weighted by molar-refractivity contribution is 0.102. The Morgan fingerprint density at radius 1 is 1.03 bits per heavy atom. The second-order valence-corrected chi connectivity index (χ2v) is 7.98. The number of halogens is 2. The van der Waals surface area contributed by atoms with Crippen LogP contribution in [0.4, 0.5) is 0 Å². The quantitative estimate of drug-likeness (QED) is 0.335. The number of benzene rings is 2. The number of carbonyl (C=O) groups excluding carboxylic acids is 1. The van der Waals surface area contributed by atoms with Gasteiger partial charge in [0, 0.05) is 23.0 Å². The molecule has 0 spiro atoms.